The number of carbonyl (C=O) groups is 1. The van der Waals surface area contributed by atoms with E-state index in [2.05, 4.69) is 12.2 Å². The lowest BCUT2D eigenvalue weighted by atomic mass is 9.84. The van der Waals surface area contributed by atoms with Gasteiger partial charge in [-0.1, -0.05) is 6.42 Å². The van der Waals surface area contributed by atoms with Crippen LogP contribution in [0.2, 0.25) is 0 Å². The molecule has 0 radical (unpaired) electrons. The van der Waals surface area contributed by atoms with Crippen molar-refractivity contribution in [3.05, 3.63) is 17.7 Å². The van der Waals surface area contributed by atoms with Gasteiger partial charge in [0.2, 0.25) is 5.75 Å². The average Bonchev–Trinajstić information content (AvgIpc) is 3.28. The van der Waals surface area contributed by atoms with Gasteiger partial charge in [0.05, 0.1) is 19.8 Å². The van der Waals surface area contributed by atoms with E-state index in [9.17, 15) is 4.79 Å². The summed E-state index contributed by atoms with van der Waals surface area (Å²) in [5, 5.41) is 3.22. The quantitative estimate of drug-likeness (QED) is 0.693. The number of benzene rings is 1. The molecule has 3 rings (SSSR count). The van der Waals surface area contributed by atoms with E-state index in [-0.39, 0.29) is 11.9 Å². The van der Waals surface area contributed by atoms with Gasteiger partial charge in [-0.2, -0.15) is 0 Å². The maximum atomic E-state index is 12.9. The van der Waals surface area contributed by atoms with Gasteiger partial charge in [0, 0.05) is 11.6 Å². The molecule has 0 aliphatic heterocycles. The van der Waals surface area contributed by atoms with Crippen molar-refractivity contribution in [1.29, 1.82) is 0 Å². The van der Waals surface area contributed by atoms with Crippen LogP contribution in [-0.4, -0.2) is 31.8 Å². The van der Waals surface area contributed by atoms with Crippen molar-refractivity contribution in [1.82, 2.24) is 5.32 Å². The smallest absolute Gasteiger partial charge is 0.251 e. The van der Waals surface area contributed by atoms with E-state index in [1.54, 1.807) is 12.1 Å². The average molecular weight is 376 g/mol. The molecular weight excluding hydrogens is 342 g/mol. The monoisotopic (exact) mass is 375 g/mol. The van der Waals surface area contributed by atoms with Crippen LogP contribution in [0.4, 0.5) is 0 Å². The van der Waals surface area contributed by atoms with Crippen LogP contribution in [0.1, 0.15) is 63.7 Å². The second kappa shape index (κ2) is 8.85. The van der Waals surface area contributed by atoms with Crippen LogP contribution in [-0.2, 0) is 0 Å². The second-order valence-electron chi connectivity index (χ2n) is 7.70. The Bertz CT molecular complexity index is 633. The van der Waals surface area contributed by atoms with Crippen molar-refractivity contribution in [3.8, 4) is 17.2 Å². The van der Waals surface area contributed by atoms with Crippen molar-refractivity contribution in [2.45, 2.75) is 59.4 Å². The molecule has 0 unspecified atom stereocenters. The topological polar surface area (TPSA) is 56.8 Å². The van der Waals surface area contributed by atoms with Crippen molar-refractivity contribution in [3.63, 3.8) is 0 Å². The number of hydrogen-bond donors (Lipinski definition) is 1. The second-order valence-corrected chi connectivity index (χ2v) is 7.70. The van der Waals surface area contributed by atoms with E-state index in [0.717, 1.165) is 11.8 Å². The summed E-state index contributed by atoms with van der Waals surface area (Å²) in [6.45, 7) is 9.40. The Balaban J connectivity index is 1.78. The number of hydrogen-bond acceptors (Lipinski definition) is 4. The molecule has 4 atom stereocenters. The van der Waals surface area contributed by atoms with Gasteiger partial charge in [0.15, 0.2) is 11.5 Å². The fraction of sp³-hybridized carbons (Fsp3) is 0.682. The van der Waals surface area contributed by atoms with Gasteiger partial charge in [-0.05, 0) is 76.8 Å². The van der Waals surface area contributed by atoms with Crippen LogP contribution in [0.25, 0.3) is 0 Å². The summed E-state index contributed by atoms with van der Waals surface area (Å²) in [5.41, 5.74) is 0.556. The number of carbonyl (C=O) groups excluding carboxylic acids is 1. The number of rotatable bonds is 9. The van der Waals surface area contributed by atoms with Gasteiger partial charge >= 0.3 is 0 Å². The van der Waals surface area contributed by atoms with Gasteiger partial charge in [0.1, 0.15) is 0 Å². The summed E-state index contributed by atoms with van der Waals surface area (Å²) in [4.78, 5) is 12.9. The molecule has 5 nitrogen and oxygen atoms in total. The summed E-state index contributed by atoms with van der Waals surface area (Å²) in [6, 6.07) is 3.71. The molecule has 1 amide bonds. The summed E-state index contributed by atoms with van der Waals surface area (Å²) >= 11 is 0. The van der Waals surface area contributed by atoms with Crippen LogP contribution in [0, 0.1) is 17.8 Å². The van der Waals surface area contributed by atoms with Crippen LogP contribution < -0.4 is 19.5 Å². The van der Waals surface area contributed by atoms with Crippen molar-refractivity contribution in [2.75, 3.05) is 19.8 Å². The molecule has 2 saturated carbocycles. The Morgan fingerprint density at radius 3 is 2.15 bits per heavy atom. The molecule has 2 aliphatic rings. The molecule has 0 aromatic heterocycles. The molecule has 1 aromatic rings. The maximum Gasteiger partial charge on any atom is 0.251 e. The van der Waals surface area contributed by atoms with E-state index in [1.165, 1.54) is 25.7 Å². The van der Waals surface area contributed by atoms with Gasteiger partial charge in [-0.15, -0.1) is 0 Å². The SMILES string of the molecule is CCOc1cc(C(=O)N[C@@H](C)[C@@H]2C[C@@H]3CC[C@@H]2C3)cc(OCC)c1OCC. The minimum absolute atomic E-state index is 0.0739. The predicted octanol–water partition coefficient (Wildman–Crippen LogP) is 4.44. The third-order valence-electron chi connectivity index (χ3n) is 5.97. The van der Waals surface area contributed by atoms with Crippen LogP contribution in [0.3, 0.4) is 0 Å². The Labute approximate surface area is 162 Å². The lowest BCUT2D eigenvalue weighted by molar-refractivity contribution is 0.0914. The number of amides is 1. The normalized spacial score (nSPS) is 24.5. The van der Waals surface area contributed by atoms with Gasteiger partial charge < -0.3 is 19.5 Å². The fourth-order valence-corrected chi connectivity index (χ4v) is 4.82. The first-order chi connectivity index (χ1) is 13.1. The summed E-state index contributed by atoms with van der Waals surface area (Å²) in [5.74, 6) is 3.87. The zero-order valence-electron chi connectivity index (χ0n) is 17.0. The van der Waals surface area contributed by atoms with E-state index >= 15 is 0 Å². The minimum Gasteiger partial charge on any atom is -0.490 e. The Morgan fingerprint density at radius 1 is 1.04 bits per heavy atom. The molecule has 2 fully saturated rings. The summed E-state index contributed by atoms with van der Waals surface area (Å²) in [7, 11) is 0. The van der Waals surface area contributed by atoms with Crippen LogP contribution in [0.15, 0.2) is 12.1 Å². The van der Waals surface area contributed by atoms with Crippen molar-refractivity contribution < 1.29 is 19.0 Å². The lowest BCUT2D eigenvalue weighted by Gasteiger charge is -2.28. The van der Waals surface area contributed by atoms with Crippen molar-refractivity contribution in [2.24, 2.45) is 17.8 Å². The number of nitrogens with one attached hydrogen (secondary N) is 1. The Kier molecular flexibility index (Phi) is 6.51. The first-order valence-corrected chi connectivity index (χ1v) is 10.4. The molecule has 0 spiro atoms. The molecule has 2 bridgehead atoms. The maximum absolute atomic E-state index is 12.9. The molecule has 150 valence electrons. The third-order valence-corrected chi connectivity index (χ3v) is 5.97. The molecule has 5 heteroatoms. The van der Waals surface area contributed by atoms with Crippen LogP contribution in [0.5, 0.6) is 17.2 Å². The molecule has 0 saturated heterocycles. The standard InChI is InChI=1S/C22H33NO4/c1-5-25-19-12-17(13-20(26-6-2)21(19)27-7-3)22(24)23-14(4)18-11-15-8-9-16(18)10-15/h12-16,18H,5-11H2,1-4H3,(H,23,24)/t14-,15+,16+,18-/m0/s1. The van der Waals surface area contributed by atoms with Crippen LogP contribution >= 0.6 is 0 Å². The fourth-order valence-electron chi connectivity index (χ4n) is 4.82. The molecule has 2 aliphatic carbocycles. The van der Waals surface area contributed by atoms with Gasteiger partial charge in [-0.3, -0.25) is 4.79 Å². The zero-order valence-corrected chi connectivity index (χ0v) is 17.0. The summed E-state index contributed by atoms with van der Waals surface area (Å²) < 4.78 is 17.2. The molecular formula is C22H33NO4. The largest absolute Gasteiger partial charge is 0.490 e. The highest BCUT2D eigenvalue weighted by Crippen LogP contribution is 2.49. The van der Waals surface area contributed by atoms with E-state index in [0.29, 0.717) is 48.6 Å². The van der Waals surface area contributed by atoms with Crippen molar-refractivity contribution >= 4 is 5.91 Å². The highest BCUT2D eigenvalue weighted by atomic mass is 16.5. The predicted molar refractivity (Wildman–Crippen MR) is 106 cm³/mol. The highest BCUT2D eigenvalue weighted by Gasteiger charge is 2.42. The minimum atomic E-state index is -0.0739. The molecule has 0 heterocycles. The lowest BCUT2D eigenvalue weighted by Crippen LogP contribution is -2.40. The highest BCUT2D eigenvalue weighted by molar-refractivity contribution is 5.95. The summed E-state index contributed by atoms with van der Waals surface area (Å²) in [6.07, 6.45) is 5.29. The number of ether oxygens (including phenoxy) is 3. The first kappa shape index (κ1) is 19.8. The first-order valence-electron chi connectivity index (χ1n) is 10.4. The Morgan fingerprint density at radius 2 is 1.67 bits per heavy atom. The Hall–Kier alpha value is -1.91. The van der Waals surface area contributed by atoms with Gasteiger partial charge in [0.25, 0.3) is 5.91 Å². The van der Waals surface area contributed by atoms with E-state index in [1.807, 2.05) is 20.8 Å². The molecule has 1 aromatic carbocycles. The van der Waals surface area contributed by atoms with E-state index in [4.69, 9.17) is 14.2 Å². The number of fused-ring (bicyclic) bond motifs is 2. The third kappa shape index (κ3) is 4.33. The molecule has 1 N–H and O–H groups in total. The van der Waals surface area contributed by atoms with E-state index < -0.39 is 0 Å². The zero-order chi connectivity index (χ0) is 19.4. The molecule has 27 heavy (non-hydrogen) atoms. The van der Waals surface area contributed by atoms with Gasteiger partial charge in [-0.25, -0.2) is 0 Å².